The number of fused-ring (bicyclic) bond motifs is 1. The molecule has 0 aliphatic carbocycles. The number of rotatable bonds is 3. The molecule has 13 heavy (non-hydrogen) atoms. The molecule has 0 fully saturated rings. The maximum absolute atomic E-state index is 3.49. The van der Waals surface area contributed by atoms with Crippen LogP contribution >= 0.6 is 11.3 Å². The predicted octanol–water partition coefficient (Wildman–Crippen LogP) is 3.13. The third-order valence-corrected chi connectivity index (χ3v) is 3.89. The Morgan fingerprint density at radius 1 is 1.62 bits per heavy atom. The maximum atomic E-state index is 3.49. The molecule has 0 aromatic carbocycles. The summed E-state index contributed by atoms with van der Waals surface area (Å²) in [7, 11) is 0. The summed E-state index contributed by atoms with van der Waals surface area (Å²) in [5.74, 6) is 0.795. The molecular formula is C11H17NS. The van der Waals surface area contributed by atoms with Gasteiger partial charge in [0, 0.05) is 23.9 Å². The van der Waals surface area contributed by atoms with Gasteiger partial charge in [-0.15, -0.1) is 11.3 Å². The van der Waals surface area contributed by atoms with Crippen LogP contribution in [-0.4, -0.2) is 6.54 Å². The minimum Gasteiger partial charge on any atom is -0.312 e. The fourth-order valence-corrected chi connectivity index (χ4v) is 3.07. The molecule has 72 valence electrons. The molecule has 2 heteroatoms. The van der Waals surface area contributed by atoms with Crippen LogP contribution in [-0.2, 0) is 6.54 Å². The van der Waals surface area contributed by atoms with Crippen molar-refractivity contribution in [2.75, 3.05) is 6.54 Å². The van der Waals surface area contributed by atoms with Crippen LogP contribution in [0.4, 0.5) is 0 Å². The molecule has 1 N–H and O–H groups in total. The van der Waals surface area contributed by atoms with Crippen LogP contribution in [0.2, 0.25) is 0 Å². The second kappa shape index (κ2) is 4.25. The van der Waals surface area contributed by atoms with Crippen LogP contribution in [0, 0.1) is 0 Å². The van der Waals surface area contributed by atoms with E-state index >= 15 is 0 Å². The number of hydrogen-bond donors (Lipinski definition) is 1. The Morgan fingerprint density at radius 2 is 2.54 bits per heavy atom. The second-order valence-electron chi connectivity index (χ2n) is 3.78. The van der Waals surface area contributed by atoms with Crippen molar-refractivity contribution in [1.29, 1.82) is 0 Å². The van der Waals surface area contributed by atoms with E-state index in [1.54, 1.807) is 4.88 Å². The first kappa shape index (κ1) is 9.22. The summed E-state index contributed by atoms with van der Waals surface area (Å²) < 4.78 is 0. The van der Waals surface area contributed by atoms with Gasteiger partial charge in [-0.25, -0.2) is 0 Å². The average Bonchev–Trinajstić information content (AvgIpc) is 2.62. The highest BCUT2D eigenvalue weighted by Crippen LogP contribution is 2.32. The fourth-order valence-electron chi connectivity index (χ4n) is 2.01. The normalized spacial score (nSPS) is 21.5. The SMILES string of the molecule is CCCCC1CNCc2ccsc21. The van der Waals surface area contributed by atoms with E-state index in [0.717, 1.165) is 12.5 Å². The topological polar surface area (TPSA) is 12.0 Å². The third kappa shape index (κ3) is 1.94. The van der Waals surface area contributed by atoms with Gasteiger partial charge in [0.2, 0.25) is 0 Å². The molecule has 1 aliphatic rings. The monoisotopic (exact) mass is 195 g/mol. The van der Waals surface area contributed by atoms with Gasteiger partial charge >= 0.3 is 0 Å². The van der Waals surface area contributed by atoms with Crippen molar-refractivity contribution < 1.29 is 0 Å². The van der Waals surface area contributed by atoms with Crippen LogP contribution in [0.15, 0.2) is 11.4 Å². The van der Waals surface area contributed by atoms with Gasteiger partial charge in [0.05, 0.1) is 0 Å². The van der Waals surface area contributed by atoms with Crippen molar-refractivity contribution in [2.24, 2.45) is 0 Å². The van der Waals surface area contributed by atoms with Crippen LogP contribution in [0.5, 0.6) is 0 Å². The Kier molecular flexibility index (Phi) is 3.01. The van der Waals surface area contributed by atoms with Gasteiger partial charge < -0.3 is 5.32 Å². The molecule has 1 aliphatic heterocycles. The molecule has 2 rings (SSSR count). The van der Waals surface area contributed by atoms with Crippen LogP contribution in [0.1, 0.15) is 42.5 Å². The molecule has 0 saturated carbocycles. The minimum atomic E-state index is 0.795. The number of nitrogens with one attached hydrogen (secondary N) is 1. The maximum Gasteiger partial charge on any atom is 0.0216 e. The molecule has 0 spiro atoms. The Bertz CT molecular complexity index is 267. The Morgan fingerprint density at radius 3 is 3.38 bits per heavy atom. The lowest BCUT2D eigenvalue weighted by Crippen LogP contribution is -2.26. The minimum absolute atomic E-state index is 0.795. The van der Waals surface area contributed by atoms with E-state index in [-0.39, 0.29) is 0 Å². The summed E-state index contributed by atoms with van der Waals surface area (Å²) in [6.45, 7) is 4.54. The number of thiophene rings is 1. The highest BCUT2D eigenvalue weighted by molar-refractivity contribution is 7.10. The van der Waals surface area contributed by atoms with E-state index in [4.69, 9.17) is 0 Å². The summed E-state index contributed by atoms with van der Waals surface area (Å²) in [6, 6.07) is 2.27. The van der Waals surface area contributed by atoms with Gasteiger partial charge in [0.15, 0.2) is 0 Å². The fraction of sp³-hybridized carbons (Fsp3) is 0.636. The zero-order valence-corrected chi connectivity index (χ0v) is 8.99. The third-order valence-electron chi connectivity index (χ3n) is 2.76. The van der Waals surface area contributed by atoms with Gasteiger partial charge in [0.25, 0.3) is 0 Å². The quantitative estimate of drug-likeness (QED) is 0.781. The molecule has 1 unspecified atom stereocenters. The lowest BCUT2D eigenvalue weighted by Gasteiger charge is -2.23. The predicted molar refractivity (Wildman–Crippen MR) is 58.3 cm³/mol. The number of hydrogen-bond acceptors (Lipinski definition) is 2. The molecular weight excluding hydrogens is 178 g/mol. The van der Waals surface area contributed by atoms with E-state index in [2.05, 4.69) is 23.7 Å². The smallest absolute Gasteiger partial charge is 0.0216 e. The summed E-state index contributed by atoms with van der Waals surface area (Å²) in [4.78, 5) is 1.65. The standard InChI is InChI=1S/C11H17NS/c1-2-3-4-9-7-12-8-10-5-6-13-11(9)10/h5-6,9,12H,2-4,7-8H2,1H3. The van der Waals surface area contributed by atoms with Crippen molar-refractivity contribution in [2.45, 2.75) is 38.6 Å². The van der Waals surface area contributed by atoms with Gasteiger partial charge in [-0.2, -0.15) is 0 Å². The number of unbranched alkanes of at least 4 members (excludes halogenated alkanes) is 1. The lowest BCUT2D eigenvalue weighted by atomic mass is 9.95. The summed E-state index contributed by atoms with van der Waals surface area (Å²) in [6.07, 6.45) is 4.04. The molecule has 1 aromatic rings. The lowest BCUT2D eigenvalue weighted by molar-refractivity contribution is 0.506. The highest BCUT2D eigenvalue weighted by Gasteiger charge is 2.19. The zero-order chi connectivity index (χ0) is 9.10. The van der Waals surface area contributed by atoms with Gasteiger partial charge in [-0.05, 0) is 23.4 Å². The van der Waals surface area contributed by atoms with Crippen LogP contribution in [0.3, 0.4) is 0 Å². The zero-order valence-electron chi connectivity index (χ0n) is 8.18. The molecule has 0 radical (unpaired) electrons. The van der Waals surface area contributed by atoms with Crippen molar-refractivity contribution in [3.05, 3.63) is 21.9 Å². The van der Waals surface area contributed by atoms with Crippen molar-refractivity contribution in [1.82, 2.24) is 5.32 Å². The molecule has 2 heterocycles. The average molecular weight is 195 g/mol. The second-order valence-corrected chi connectivity index (χ2v) is 4.73. The summed E-state index contributed by atoms with van der Waals surface area (Å²) in [5, 5.41) is 5.73. The Hall–Kier alpha value is -0.340. The summed E-state index contributed by atoms with van der Waals surface area (Å²) >= 11 is 1.94. The highest BCUT2D eigenvalue weighted by atomic mass is 32.1. The molecule has 0 saturated heterocycles. The molecule has 0 bridgehead atoms. The van der Waals surface area contributed by atoms with Gasteiger partial charge in [0.1, 0.15) is 0 Å². The van der Waals surface area contributed by atoms with Crippen LogP contribution < -0.4 is 5.32 Å². The van der Waals surface area contributed by atoms with Gasteiger partial charge in [-0.1, -0.05) is 19.8 Å². The van der Waals surface area contributed by atoms with Crippen molar-refractivity contribution >= 4 is 11.3 Å². The Balaban J connectivity index is 2.07. The first-order chi connectivity index (χ1) is 6.42. The van der Waals surface area contributed by atoms with Crippen molar-refractivity contribution in [3.8, 4) is 0 Å². The first-order valence-corrected chi connectivity index (χ1v) is 6.06. The van der Waals surface area contributed by atoms with E-state index < -0.39 is 0 Å². The molecule has 1 nitrogen and oxygen atoms in total. The van der Waals surface area contributed by atoms with E-state index in [1.807, 2.05) is 11.3 Å². The van der Waals surface area contributed by atoms with Crippen molar-refractivity contribution in [3.63, 3.8) is 0 Å². The Labute approximate surface area is 84.2 Å². The molecule has 1 atom stereocenters. The largest absolute Gasteiger partial charge is 0.312 e. The van der Waals surface area contributed by atoms with Crippen LogP contribution in [0.25, 0.3) is 0 Å². The van der Waals surface area contributed by atoms with E-state index in [1.165, 1.54) is 31.4 Å². The van der Waals surface area contributed by atoms with E-state index in [9.17, 15) is 0 Å². The van der Waals surface area contributed by atoms with E-state index in [0.29, 0.717) is 0 Å². The summed E-state index contributed by atoms with van der Waals surface area (Å²) in [5.41, 5.74) is 1.54. The van der Waals surface area contributed by atoms with Gasteiger partial charge in [-0.3, -0.25) is 0 Å². The molecule has 1 aromatic heterocycles. The molecule has 0 amide bonds. The first-order valence-electron chi connectivity index (χ1n) is 5.18.